The predicted octanol–water partition coefficient (Wildman–Crippen LogP) is 0.880. The summed E-state index contributed by atoms with van der Waals surface area (Å²) in [4.78, 5) is 1.49. The molecule has 1 fully saturated rings. The minimum absolute atomic E-state index is 0.488. The van der Waals surface area contributed by atoms with Gasteiger partial charge in [-0.1, -0.05) is 19.8 Å². The van der Waals surface area contributed by atoms with E-state index in [0.29, 0.717) is 5.41 Å². The Morgan fingerprint density at radius 3 is 2.73 bits per heavy atom. The topological polar surface area (TPSA) is 55.6 Å². The average Bonchev–Trinajstić information content (AvgIpc) is 2.76. The van der Waals surface area contributed by atoms with Crippen molar-refractivity contribution in [1.29, 1.82) is 0 Å². The van der Waals surface area contributed by atoms with Gasteiger partial charge in [0.1, 0.15) is 0 Å². The van der Waals surface area contributed by atoms with E-state index in [1.807, 2.05) is 0 Å². The highest BCUT2D eigenvalue weighted by Gasteiger charge is 2.27. The third-order valence-electron chi connectivity index (χ3n) is 3.20. The SMILES string of the molecule is Cn1nnc(CNCC2(C)CCCC2)n1. The van der Waals surface area contributed by atoms with Crippen molar-refractivity contribution in [3.05, 3.63) is 5.82 Å². The summed E-state index contributed by atoms with van der Waals surface area (Å²) < 4.78 is 0. The molecular formula is C10H19N5. The molecule has 2 rings (SSSR count). The van der Waals surface area contributed by atoms with E-state index < -0.39 is 0 Å². The molecule has 1 aliphatic rings. The molecule has 0 saturated heterocycles. The fourth-order valence-electron chi connectivity index (χ4n) is 2.28. The van der Waals surface area contributed by atoms with Crippen molar-refractivity contribution in [2.24, 2.45) is 12.5 Å². The molecule has 5 heteroatoms. The summed E-state index contributed by atoms with van der Waals surface area (Å²) in [6.07, 6.45) is 5.44. The molecule has 0 aromatic carbocycles. The molecule has 1 heterocycles. The maximum Gasteiger partial charge on any atom is 0.188 e. The molecule has 1 saturated carbocycles. The zero-order valence-corrected chi connectivity index (χ0v) is 9.53. The summed E-state index contributed by atoms with van der Waals surface area (Å²) in [7, 11) is 1.79. The third-order valence-corrected chi connectivity index (χ3v) is 3.20. The Bertz CT molecular complexity index is 313. The number of tetrazole rings is 1. The van der Waals surface area contributed by atoms with Gasteiger partial charge < -0.3 is 5.32 Å². The van der Waals surface area contributed by atoms with Crippen molar-refractivity contribution >= 4 is 0 Å². The maximum atomic E-state index is 4.13. The first kappa shape index (κ1) is 10.5. The van der Waals surface area contributed by atoms with E-state index in [9.17, 15) is 0 Å². The first-order valence-electron chi connectivity index (χ1n) is 5.62. The van der Waals surface area contributed by atoms with Crippen LogP contribution in [0.3, 0.4) is 0 Å². The van der Waals surface area contributed by atoms with Gasteiger partial charge in [0.2, 0.25) is 0 Å². The van der Waals surface area contributed by atoms with Crippen LogP contribution in [-0.4, -0.2) is 26.8 Å². The molecule has 5 nitrogen and oxygen atoms in total. The van der Waals surface area contributed by atoms with Crippen LogP contribution in [0.4, 0.5) is 0 Å². The van der Waals surface area contributed by atoms with Crippen LogP contribution >= 0.6 is 0 Å². The van der Waals surface area contributed by atoms with Gasteiger partial charge in [0.15, 0.2) is 5.82 Å². The molecule has 0 radical (unpaired) electrons. The second-order valence-corrected chi connectivity index (χ2v) is 4.82. The second-order valence-electron chi connectivity index (χ2n) is 4.82. The van der Waals surface area contributed by atoms with Crippen molar-refractivity contribution in [2.45, 2.75) is 39.2 Å². The van der Waals surface area contributed by atoms with Crippen LogP contribution in [0.2, 0.25) is 0 Å². The zero-order chi connectivity index (χ0) is 10.7. The van der Waals surface area contributed by atoms with Gasteiger partial charge >= 0.3 is 0 Å². The molecular weight excluding hydrogens is 190 g/mol. The first-order chi connectivity index (χ1) is 7.18. The molecule has 0 spiro atoms. The Balaban J connectivity index is 1.75. The van der Waals surface area contributed by atoms with Crippen molar-refractivity contribution in [3.63, 3.8) is 0 Å². The van der Waals surface area contributed by atoms with Crippen LogP contribution in [0.1, 0.15) is 38.4 Å². The highest BCUT2D eigenvalue weighted by Crippen LogP contribution is 2.36. The summed E-state index contributed by atoms with van der Waals surface area (Å²) in [5, 5.41) is 15.3. The second kappa shape index (κ2) is 4.26. The third kappa shape index (κ3) is 2.75. The highest BCUT2D eigenvalue weighted by molar-refractivity contribution is 4.84. The minimum Gasteiger partial charge on any atom is -0.309 e. The molecule has 1 N–H and O–H groups in total. The van der Waals surface area contributed by atoms with Crippen molar-refractivity contribution < 1.29 is 0 Å². The number of aromatic nitrogens is 4. The number of nitrogens with zero attached hydrogens (tertiary/aromatic N) is 4. The smallest absolute Gasteiger partial charge is 0.188 e. The molecule has 1 aromatic heterocycles. The minimum atomic E-state index is 0.488. The summed E-state index contributed by atoms with van der Waals surface area (Å²) in [5.74, 6) is 0.777. The lowest BCUT2D eigenvalue weighted by molar-refractivity contribution is 0.313. The lowest BCUT2D eigenvalue weighted by Crippen LogP contribution is -2.29. The van der Waals surface area contributed by atoms with Crippen LogP contribution in [-0.2, 0) is 13.6 Å². The van der Waals surface area contributed by atoms with E-state index in [1.165, 1.54) is 30.5 Å². The number of aryl methyl sites for hydroxylation is 1. The maximum absolute atomic E-state index is 4.13. The van der Waals surface area contributed by atoms with Crippen LogP contribution in [0.25, 0.3) is 0 Å². The lowest BCUT2D eigenvalue weighted by atomic mass is 9.89. The molecule has 0 aliphatic heterocycles. The normalized spacial score (nSPS) is 19.6. The monoisotopic (exact) mass is 209 g/mol. The summed E-state index contributed by atoms with van der Waals surface area (Å²) in [5.41, 5.74) is 0.488. The van der Waals surface area contributed by atoms with Gasteiger partial charge in [0.05, 0.1) is 13.6 Å². The van der Waals surface area contributed by atoms with E-state index >= 15 is 0 Å². The van der Waals surface area contributed by atoms with Crippen LogP contribution in [0, 0.1) is 5.41 Å². The lowest BCUT2D eigenvalue weighted by Gasteiger charge is -2.23. The Hall–Kier alpha value is -0.970. The van der Waals surface area contributed by atoms with Crippen LogP contribution in [0.15, 0.2) is 0 Å². The molecule has 0 amide bonds. The summed E-state index contributed by atoms with van der Waals surface area (Å²) >= 11 is 0. The number of hydrogen-bond acceptors (Lipinski definition) is 4. The largest absolute Gasteiger partial charge is 0.309 e. The van der Waals surface area contributed by atoms with Crippen LogP contribution in [0.5, 0.6) is 0 Å². The average molecular weight is 209 g/mol. The van der Waals surface area contributed by atoms with Gasteiger partial charge in [-0.05, 0) is 23.5 Å². The molecule has 0 atom stereocenters. The molecule has 1 aromatic rings. The van der Waals surface area contributed by atoms with E-state index in [4.69, 9.17) is 0 Å². The van der Waals surface area contributed by atoms with E-state index in [0.717, 1.165) is 18.9 Å². The fraction of sp³-hybridized carbons (Fsp3) is 0.900. The van der Waals surface area contributed by atoms with E-state index in [1.54, 1.807) is 7.05 Å². The quantitative estimate of drug-likeness (QED) is 0.799. The number of nitrogens with one attached hydrogen (secondary N) is 1. The van der Waals surface area contributed by atoms with Crippen molar-refractivity contribution in [3.8, 4) is 0 Å². The van der Waals surface area contributed by atoms with Gasteiger partial charge in [-0.15, -0.1) is 10.2 Å². The van der Waals surface area contributed by atoms with Crippen LogP contribution < -0.4 is 5.32 Å². The van der Waals surface area contributed by atoms with Gasteiger partial charge in [-0.25, -0.2) is 0 Å². The molecule has 0 unspecified atom stereocenters. The van der Waals surface area contributed by atoms with Crippen molar-refractivity contribution in [1.82, 2.24) is 25.5 Å². The fourth-order valence-corrected chi connectivity index (χ4v) is 2.28. The molecule has 84 valence electrons. The van der Waals surface area contributed by atoms with Gasteiger partial charge in [-0.3, -0.25) is 0 Å². The van der Waals surface area contributed by atoms with E-state index in [-0.39, 0.29) is 0 Å². The van der Waals surface area contributed by atoms with Gasteiger partial charge in [0, 0.05) is 6.54 Å². The Labute approximate surface area is 90.2 Å². The molecule has 0 bridgehead atoms. The Morgan fingerprint density at radius 2 is 2.13 bits per heavy atom. The summed E-state index contributed by atoms with van der Waals surface area (Å²) in [6, 6.07) is 0. The highest BCUT2D eigenvalue weighted by atomic mass is 15.6. The summed E-state index contributed by atoms with van der Waals surface area (Å²) in [6.45, 7) is 4.14. The number of hydrogen-bond donors (Lipinski definition) is 1. The first-order valence-corrected chi connectivity index (χ1v) is 5.62. The molecule has 1 aliphatic carbocycles. The Kier molecular flexibility index (Phi) is 3.00. The predicted molar refractivity (Wildman–Crippen MR) is 57.1 cm³/mol. The molecule has 15 heavy (non-hydrogen) atoms. The standard InChI is InChI=1S/C10H19N5/c1-10(5-3-4-6-10)8-11-7-9-12-14-15(2)13-9/h11H,3-8H2,1-2H3. The zero-order valence-electron chi connectivity index (χ0n) is 9.53. The number of rotatable bonds is 4. The van der Waals surface area contributed by atoms with E-state index in [2.05, 4.69) is 27.7 Å². The van der Waals surface area contributed by atoms with Gasteiger partial charge in [-0.2, -0.15) is 4.80 Å². The van der Waals surface area contributed by atoms with Crippen molar-refractivity contribution in [2.75, 3.05) is 6.54 Å². The Morgan fingerprint density at radius 1 is 1.40 bits per heavy atom. The van der Waals surface area contributed by atoms with Gasteiger partial charge in [0.25, 0.3) is 0 Å².